The Morgan fingerprint density at radius 1 is 1.16 bits per heavy atom. The summed E-state index contributed by atoms with van der Waals surface area (Å²) >= 11 is 0. The fraction of sp³-hybridized carbons (Fsp3) is 0.300. The van der Waals surface area contributed by atoms with Crippen LogP contribution in [0.3, 0.4) is 0 Å². The summed E-state index contributed by atoms with van der Waals surface area (Å²) in [6.07, 6.45) is 0.444. The Bertz CT molecular complexity index is 1070. The van der Waals surface area contributed by atoms with Crippen LogP contribution in [0.2, 0.25) is 0 Å². The van der Waals surface area contributed by atoms with Gasteiger partial charge in [-0.25, -0.2) is 4.39 Å². The van der Waals surface area contributed by atoms with E-state index in [1.165, 1.54) is 18.6 Å². The molecule has 1 aliphatic heterocycles. The second-order valence-electron chi connectivity index (χ2n) is 7.27. The van der Waals surface area contributed by atoms with Crippen LogP contribution in [0.4, 0.5) is 23.2 Å². The van der Waals surface area contributed by atoms with Gasteiger partial charge in [0.25, 0.3) is 5.91 Å². The predicted octanol–water partition coefficient (Wildman–Crippen LogP) is 3.53. The van der Waals surface area contributed by atoms with E-state index in [0.717, 1.165) is 12.1 Å². The molecule has 1 aliphatic rings. The molecule has 0 spiro atoms. The normalized spacial score (nSPS) is 17.1. The van der Waals surface area contributed by atoms with Crippen molar-refractivity contribution in [1.82, 2.24) is 24.9 Å². The van der Waals surface area contributed by atoms with Gasteiger partial charge in [0.2, 0.25) is 0 Å². The molecule has 1 N–H and O–H groups in total. The van der Waals surface area contributed by atoms with Crippen molar-refractivity contribution in [2.24, 2.45) is 0 Å². The number of hydrogen-bond acceptors (Lipinski definition) is 5. The van der Waals surface area contributed by atoms with Gasteiger partial charge in [0.05, 0.1) is 29.7 Å². The average Bonchev–Trinajstić information content (AvgIpc) is 3.37. The van der Waals surface area contributed by atoms with Crippen molar-refractivity contribution in [1.29, 1.82) is 0 Å². The van der Waals surface area contributed by atoms with Crippen LogP contribution in [0.25, 0.3) is 0 Å². The van der Waals surface area contributed by atoms with Crippen molar-refractivity contribution < 1.29 is 22.4 Å². The number of carbonyl (C=O) groups excluding carboxylic acids is 1. The third-order valence-corrected chi connectivity index (χ3v) is 5.03. The predicted molar refractivity (Wildman–Crippen MR) is 103 cm³/mol. The molecule has 3 aromatic rings. The summed E-state index contributed by atoms with van der Waals surface area (Å²) in [5.74, 6) is -1.28. The molecule has 1 fully saturated rings. The topological polar surface area (TPSA) is 75.9 Å². The molecular formula is C20H18F4N6O. The van der Waals surface area contributed by atoms with E-state index in [9.17, 15) is 22.4 Å². The Balaban J connectivity index is 1.44. The van der Waals surface area contributed by atoms with E-state index in [1.54, 1.807) is 16.8 Å². The van der Waals surface area contributed by atoms with Gasteiger partial charge in [0, 0.05) is 25.8 Å². The molecule has 0 aliphatic carbocycles. The van der Waals surface area contributed by atoms with Crippen LogP contribution in [0, 0.1) is 5.82 Å². The van der Waals surface area contributed by atoms with Crippen molar-refractivity contribution in [3.05, 3.63) is 71.6 Å². The first-order valence-electron chi connectivity index (χ1n) is 9.50. The number of rotatable bonds is 5. The number of aromatic nitrogens is 4. The number of nitrogens with zero attached hydrogens (tertiary/aromatic N) is 5. The number of anilines is 1. The first-order chi connectivity index (χ1) is 14.8. The molecule has 0 bridgehead atoms. The van der Waals surface area contributed by atoms with Gasteiger partial charge >= 0.3 is 6.18 Å². The van der Waals surface area contributed by atoms with Crippen molar-refractivity contribution >= 4 is 11.6 Å². The fourth-order valence-electron chi connectivity index (χ4n) is 3.66. The third-order valence-electron chi connectivity index (χ3n) is 5.03. The lowest BCUT2D eigenvalue weighted by Crippen LogP contribution is -2.25. The van der Waals surface area contributed by atoms with Gasteiger partial charge in [-0.1, -0.05) is 0 Å². The van der Waals surface area contributed by atoms with Crippen molar-refractivity contribution in [3.63, 3.8) is 0 Å². The number of likely N-dealkylation sites (tertiary alicyclic amines) is 1. The molecule has 7 nitrogen and oxygen atoms in total. The second-order valence-corrected chi connectivity index (χ2v) is 7.27. The van der Waals surface area contributed by atoms with Crippen LogP contribution in [-0.4, -0.2) is 43.9 Å². The lowest BCUT2D eigenvalue weighted by Gasteiger charge is -2.18. The highest BCUT2D eigenvalue weighted by Gasteiger charge is 2.32. The number of alkyl halides is 3. The molecular weight excluding hydrogens is 416 g/mol. The third kappa shape index (κ3) is 4.88. The van der Waals surface area contributed by atoms with Crippen LogP contribution < -0.4 is 5.32 Å². The molecule has 1 atom stereocenters. The highest BCUT2D eigenvalue weighted by molar-refractivity contribution is 6.02. The van der Waals surface area contributed by atoms with Gasteiger partial charge in [-0.3, -0.25) is 14.4 Å². The number of hydrogen-bond donors (Lipinski definition) is 1. The quantitative estimate of drug-likeness (QED) is 0.622. The Hall–Kier alpha value is -3.34. The molecule has 4 rings (SSSR count). The standard InChI is InChI=1S/C20H18F4N6O/c21-15-8-13(7-14(9-15)20(22,23)24)11-29-6-3-17(12-29)30-18(2-5-27-30)19(31)28-16-1-4-25-26-10-16/h1-2,4-5,7-10,17H,3,6,11-12H2,(H,25,28,31)/t17-/m1/s1. The summed E-state index contributed by atoms with van der Waals surface area (Å²) < 4.78 is 54.1. The number of carbonyl (C=O) groups is 1. The molecule has 31 heavy (non-hydrogen) atoms. The summed E-state index contributed by atoms with van der Waals surface area (Å²) in [6, 6.07) is 5.63. The van der Waals surface area contributed by atoms with E-state index in [1.807, 2.05) is 4.90 Å². The minimum Gasteiger partial charge on any atom is -0.319 e. The first-order valence-corrected chi connectivity index (χ1v) is 9.50. The Kier molecular flexibility index (Phi) is 5.68. The van der Waals surface area contributed by atoms with Crippen LogP contribution >= 0.6 is 0 Å². The average molecular weight is 434 g/mol. The van der Waals surface area contributed by atoms with Crippen molar-refractivity contribution in [2.45, 2.75) is 25.2 Å². The van der Waals surface area contributed by atoms with Crippen LogP contribution in [-0.2, 0) is 12.7 Å². The molecule has 162 valence electrons. The molecule has 2 aromatic heterocycles. The van der Waals surface area contributed by atoms with E-state index >= 15 is 0 Å². The molecule has 0 unspecified atom stereocenters. The van der Waals surface area contributed by atoms with E-state index < -0.39 is 17.6 Å². The molecule has 0 saturated carbocycles. The van der Waals surface area contributed by atoms with Crippen molar-refractivity contribution in [2.75, 3.05) is 18.4 Å². The summed E-state index contributed by atoms with van der Waals surface area (Å²) in [7, 11) is 0. The van der Waals surface area contributed by atoms with Gasteiger partial charge in [0.1, 0.15) is 11.5 Å². The maximum absolute atomic E-state index is 13.7. The largest absolute Gasteiger partial charge is 0.416 e. The summed E-state index contributed by atoms with van der Waals surface area (Å²) in [4.78, 5) is 14.5. The van der Waals surface area contributed by atoms with E-state index in [-0.39, 0.29) is 24.1 Å². The first kappa shape index (κ1) is 20.9. The van der Waals surface area contributed by atoms with E-state index in [0.29, 0.717) is 37.0 Å². The molecule has 11 heteroatoms. The fourth-order valence-corrected chi connectivity index (χ4v) is 3.66. The van der Waals surface area contributed by atoms with Gasteiger partial charge < -0.3 is 5.32 Å². The summed E-state index contributed by atoms with van der Waals surface area (Å²) in [5.41, 5.74) is 0.0904. The molecule has 1 saturated heterocycles. The van der Waals surface area contributed by atoms with Gasteiger partial charge in [-0.15, -0.1) is 0 Å². The summed E-state index contributed by atoms with van der Waals surface area (Å²) in [5, 5.41) is 14.3. The molecule has 3 heterocycles. The Labute approximate surface area is 174 Å². The molecule has 1 aromatic carbocycles. The van der Waals surface area contributed by atoms with Crippen LogP contribution in [0.1, 0.15) is 34.1 Å². The van der Waals surface area contributed by atoms with E-state index in [4.69, 9.17) is 0 Å². The Morgan fingerprint density at radius 3 is 2.74 bits per heavy atom. The zero-order valence-electron chi connectivity index (χ0n) is 16.2. The van der Waals surface area contributed by atoms with Crippen molar-refractivity contribution in [3.8, 4) is 0 Å². The molecule has 0 radical (unpaired) electrons. The van der Waals surface area contributed by atoms with Gasteiger partial charge in [0.15, 0.2) is 0 Å². The highest BCUT2D eigenvalue weighted by Crippen LogP contribution is 2.31. The lowest BCUT2D eigenvalue weighted by molar-refractivity contribution is -0.137. The maximum atomic E-state index is 13.7. The lowest BCUT2D eigenvalue weighted by atomic mass is 10.1. The molecule has 1 amide bonds. The maximum Gasteiger partial charge on any atom is 0.416 e. The smallest absolute Gasteiger partial charge is 0.319 e. The SMILES string of the molecule is O=C(Nc1ccnnc1)c1ccnn1[C@@H]1CCN(Cc2cc(F)cc(C(F)(F)F)c2)C1. The van der Waals surface area contributed by atoms with Crippen LogP contribution in [0.5, 0.6) is 0 Å². The van der Waals surface area contributed by atoms with E-state index in [2.05, 4.69) is 20.6 Å². The monoisotopic (exact) mass is 434 g/mol. The highest BCUT2D eigenvalue weighted by atomic mass is 19.4. The number of benzene rings is 1. The number of amides is 1. The van der Waals surface area contributed by atoms with Crippen LogP contribution in [0.15, 0.2) is 48.9 Å². The zero-order chi connectivity index (χ0) is 22.0. The van der Waals surface area contributed by atoms with Gasteiger partial charge in [-0.05, 0) is 42.3 Å². The zero-order valence-corrected chi connectivity index (χ0v) is 16.2. The van der Waals surface area contributed by atoms with Gasteiger partial charge in [-0.2, -0.15) is 28.5 Å². The number of nitrogens with one attached hydrogen (secondary N) is 1. The Morgan fingerprint density at radius 2 is 2.00 bits per heavy atom. The second kappa shape index (κ2) is 8.42. The minimum atomic E-state index is -4.61. The minimum absolute atomic E-state index is 0.137. The number of halogens is 4. The summed E-state index contributed by atoms with van der Waals surface area (Å²) in [6.45, 7) is 1.22.